The molecule has 17 heavy (non-hydrogen) atoms. The van der Waals surface area contributed by atoms with E-state index in [-0.39, 0.29) is 5.91 Å². The second kappa shape index (κ2) is 4.94. The normalized spacial score (nSPS) is 24.3. The molecule has 1 aliphatic rings. The lowest BCUT2D eigenvalue weighted by Crippen LogP contribution is -2.59. The quantitative estimate of drug-likeness (QED) is 0.762. The first-order chi connectivity index (χ1) is 8.12. The Kier molecular flexibility index (Phi) is 3.54. The lowest BCUT2D eigenvalue weighted by molar-refractivity contribution is -0.122. The van der Waals surface area contributed by atoms with Gasteiger partial charge in [0.1, 0.15) is 5.54 Å². The second-order valence-corrected chi connectivity index (χ2v) is 4.80. The third kappa shape index (κ3) is 2.70. The van der Waals surface area contributed by atoms with Crippen molar-refractivity contribution < 1.29 is 4.79 Å². The van der Waals surface area contributed by atoms with Crippen molar-refractivity contribution in [3.63, 3.8) is 0 Å². The van der Waals surface area contributed by atoms with Crippen LogP contribution in [-0.4, -0.2) is 24.5 Å². The molecule has 2 rings (SSSR count). The number of rotatable bonds is 3. The topological polar surface area (TPSA) is 67.2 Å². The van der Waals surface area contributed by atoms with E-state index in [0.29, 0.717) is 11.6 Å². The molecule has 1 aromatic rings. The molecule has 1 aromatic carbocycles. The fourth-order valence-electron chi connectivity index (χ4n) is 2.13. The Bertz CT molecular complexity index is 416. The summed E-state index contributed by atoms with van der Waals surface area (Å²) in [6.45, 7) is 1.47. The number of hydrogen-bond acceptors (Lipinski definition) is 3. The van der Waals surface area contributed by atoms with Gasteiger partial charge in [-0.25, -0.2) is 0 Å². The van der Waals surface area contributed by atoms with E-state index in [9.17, 15) is 4.79 Å². The molecule has 1 amide bonds. The first kappa shape index (κ1) is 12.2. The van der Waals surface area contributed by atoms with Gasteiger partial charge in [0.05, 0.1) is 0 Å². The van der Waals surface area contributed by atoms with E-state index < -0.39 is 5.54 Å². The molecule has 0 aliphatic carbocycles. The predicted octanol–water partition coefficient (Wildman–Crippen LogP) is 1.36. The largest absolute Gasteiger partial charge is 0.370 e. The SMILES string of the molecule is NC(=O)C1(Nc2cccc(Cl)c2)CCCNC1. The van der Waals surface area contributed by atoms with Crippen molar-refractivity contribution in [3.05, 3.63) is 29.3 Å². The summed E-state index contributed by atoms with van der Waals surface area (Å²) < 4.78 is 0. The molecule has 1 unspecified atom stereocenters. The van der Waals surface area contributed by atoms with Crippen LogP contribution in [0.3, 0.4) is 0 Å². The van der Waals surface area contributed by atoms with Gasteiger partial charge in [-0.1, -0.05) is 17.7 Å². The molecule has 4 nitrogen and oxygen atoms in total. The van der Waals surface area contributed by atoms with Crippen LogP contribution in [-0.2, 0) is 4.79 Å². The molecular formula is C12H16ClN3O. The first-order valence-electron chi connectivity index (χ1n) is 5.67. The molecular weight excluding hydrogens is 238 g/mol. The number of nitrogens with one attached hydrogen (secondary N) is 2. The maximum Gasteiger partial charge on any atom is 0.244 e. The predicted molar refractivity (Wildman–Crippen MR) is 69.1 cm³/mol. The van der Waals surface area contributed by atoms with E-state index in [1.165, 1.54) is 0 Å². The van der Waals surface area contributed by atoms with Gasteiger partial charge >= 0.3 is 0 Å². The van der Waals surface area contributed by atoms with E-state index in [1.54, 1.807) is 12.1 Å². The highest BCUT2D eigenvalue weighted by Crippen LogP contribution is 2.24. The zero-order valence-electron chi connectivity index (χ0n) is 9.50. The maximum absolute atomic E-state index is 11.7. The fourth-order valence-corrected chi connectivity index (χ4v) is 2.32. The van der Waals surface area contributed by atoms with Crippen molar-refractivity contribution in [2.75, 3.05) is 18.4 Å². The van der Waals surface area contributed by atoms with Gasteiger partial charge in [0.2, 0.25) is 5.91 Å². The van der Waals surface area contributed by atoms with Crippen LogP contribution in [0.15, 0.2) is 24.3 Å². The minimum Gasteiger partial charge on any atom is -0.370 e. The number of primary amides is 1. The molecule has 0 saturated carbocycles. The Hall–Kier alpha value is -1.26. The summed E-state index contributed by atoms with van der Waals surface area (Å²) >= 11 is 5.92. The molecule has 1 atom stereocenters. The Morgan fingerprint density at radius 2 is 2.35 bits per heavy atom. The summed E-state index contributed by atoms with van der Waals surface area (Å²) in [6, 6.07) is 7.31. The smallest absolute Gasteiger partial charge is 0.244 e. The van der Waals surface area contributed by atoms with E-state index >= 15 is 0 Å². The molecule has 1 fully saturated rings. The van der Waals surface area contributed by atoms with Gasteiger partial charge in [0, 0.05) is 17.3 Å². The second-order valence-electron chi connectivity index (χ2n) is 4.36. The summed E-state index contributed by atoms with van der Waals surface area (Å²) in [4.78, 5) is 11.7. The molecule has 1 heterocycles. The number of carbonyl (C=O) groups is 1. The van der Waals surface area contributed by atoms with Gasteiger partial charge in [-0.15, -0.1) is 0 Å². The average molecular weight is 254 g/mol. The molecule has 4 N–H and O–H groups in total. The molecule has 92 valence electrons. The zero-order chi connectivity index (χ0) is 12.3. The standard InChI is InChI=1S/C12H16ClN3O/c13-9-3-1-4-10(7-9)16-12(11(14)17)5-2-6-15-8-12/h1,3-4,7,15-16H,2,5-6,8H2,(H2,14,17). The summed E-state index contributed by atoms with van der Waals surface area (Å²) in [5, 5.41) is 7.05. The first-order valence-corrected chi connectivity index (χ1v) is 6.05. The Labute approximate surface area is 106 Å². The van der Waals surface area contributed by atoms with Crippen LogP contribution in [0.25, 0.3) is 0 Å². The van der Waals surface area contributed by atoms with E-state index in [2.05, 4.69) is 10.6 Å². The summed E-state index contributed by atoms with van der Waals surface area (Å²) in [7, 11) is 0. The molecule has 1 aliphatic heterocycles. The van der Waals surface area contributed by atoms with E-state index in [4.69, 9.17) is 17.3 Å². The summed E-state index contributed by atoms with van der Waals surface area (Å²) in [5.41, 5.74) is 5.63. The highest BCUT2D eigenvalue weighted by molar-refractivity contribution is 6.30. The van der Waals surface area contributed by atoms with Gasteiger partial charge in [-0.2, -0.15) is 0 Å². The number of amides is 1. The van der Waals surface area contributed by atoms with Crippen LogP contribution in [0.4, 0.5) is 5.69 Å². The minimum absolute atomic E-state index is 0.329. The van der Waals surface area contributed by atoms with Crippen LogP contribution >= 0.6 is 11.6 Å². The number of benzene rings is 1. The van der Waals surface area contributed by atoms with Crippen LogP contribution < -0.4 is 16.4 Å². The third-order valence-electron chi connectivity index (χ3n) is 3.06. The summed E-state index contributed by atoms with van der Waals surface area (Å²) in [5.74, 6) is -0.329. The van der Waals surface area contributed by atoms with Gasteiger partial charge in [0.15, 0.2) is 0 Å². The third-order valence-corrected chi connectivity index (χ3v) is 3.30. The van der Waals surface area contributed by atoms with Crippen LogP contribution in [0.2, 0.25) is 5.02 Å². The van der Waals surface area contributed by atoms with E-state index in [1.807, 2.05) is 12.1 Å². The van der Waals surface area contributed by atoms with Crippen LogP contribution in [0, 0.1) is 0 Å². The number of anilines is 1. The van der Waals surface area contributed by atoms with Crippen molar-refractivity contribution in [1.82, 2.24) is 5.32 Å². The van der Waals surface area contributed by atoms with Gasteiger partial charge < -0.3 is 16.4 Å². The van der Waals surface area contributed by atoms with Crippen molar-refractivity contribution in [3.8, 4) is 0 Å². The lowest BCUT2D eigenvalue weighted by atomic mass is 9.89. The molecule has 0 spiro atoms. The number of halogens is 1. The molecule has 0 aromatic heterocycles. The number of piperidine rings is 1. The molecule has 5 heteroatoms. The monoisotopic (exact) mass is 253 g/mol. The van der Waals surface area contributed by atoms with Crippen LogP contribution in [0.1, 0.15) is 12.8 Å². The highest BCUT2D eigenvalue weighted by atomic mass is 35.5. The molecule has 1 saturated heterocycles. The Balaban J connectivity index is 2.20. The highest BCUT2D eigenvalue weighted by Gasteiger charge is 2.37. The van der Waals surface area contributed by atoms with Crippen molar-refractivity contribution in [2.24, 2.45) is 5.73 Å². The summed E-state index contributed by atoms with van der Waals surface area (Å²) in [6.07, 6.45) is 1.67. The molecule has 0 bridgehead atoms. The molecule has 0 radical (unpaired) electrons. The number of carbonyl (C=O) groups excluding carboxylic acids is 1. The van der Waals surface area contributed by atoms with E-state index in [0.717, 1.165) is 25.1 Å². The van der Waals surface area contributed by atoms with Gasteiger partial charge in [0.25, 0.3) is 0 Å². The van der Waals surface area contributed by atoms with Crippen molar-refractivity contribution in [2.45, 2.75) is 18.4 Å². The van der Waals surface area contributed by atoms with Crippen LogP contribution in [0.5, 0.6) is 0 Å². The Morgan fingerprint density at radius 3 is 2.94 bits per heavy atom. The van der Waals surface area contributed by atoms with Crippen molar-refractivity contribution in [1.29, 1.82) is 0 Å². The number of nitrogens with two attached hydrogens (primary N) is 1. The van der Waals surface area contributed by atoms with Gasteiger partial charge in [-0.3, -0.25) is 4.79 Å². The fraction of sp³-hybridized carbons (Fsp3) is 0.417. The zero-order valence-corrected chi connectivity index (χ0v) is 10.3. The lowest BCUT2D eigenvalue weighted by Gasteiger charge is -2.36. The average Bonchev–Trinajstić information content (AvgIpc) is 2.30. The minimum atomic E-state index is -0.705. The van der Waals surface area contributed by atoms with Gasteiger partial charge in [-0.05, 0) is 37.6 Å². The maximum atomic E-state index is 11.7. The Morgan fingerprint density at radius 1 is 1.53 bits per heavy atom. The number of hydrogen-bond donors (Lipinski definition) is 3. The van der Waals surface area contributed by atoms with Crippen molar-refractivity contribution >= 4 is 23.2 Å².